The number of nitrogens with two attached hydrogens (primary N) is 2. The van der Waals surface area contributed by atoms with Crippen LogP contribution in [0.4, 0.5) is 5.69 Å². The van der Waals surface area contributed by atoms with E-state index in [2.05, 4.69) is 4.98 Å². The summed E-state index contributed by atoms with van der Waals surface area (Å²) in [4.78, 5) is 14.6. The zero-order chi connectivity index (χ0) is 10.6. The van der Waals surface area contributed by atoms with Crippen molar-refractivity contribution in [2.75, 3.05) is 5.73 Å². The molecule has 1 heterocycles. The number of hydrogen-bond donors (Lipinski definition) is 2. The normalized spacial score (nSPS) is 10.6. The molecular weight excluding hydrogens is 178 g/mol. The van der Waals surface area contributed by atoms with Gasteiger partial charge < -0.3 is 11.5 Å². The molecule has 0 unspecified atom stereocenters. The molecule has 4 N–H and O–H groups in total. The molecule has 0 aliphatic rings. The summed E-state index contributed by atoms with van der Waals surface area (Å²) in [6, 6.07) is 1.81. The third kappa shape index (κ3) is 2.90. The van der Waals surface area contributed by atoms with Gasteiger partial charge in [-0.25, -0.2) is 0 Å². The van der Waals surface area contributed by atoms with E-state index in [0.29, 0.717) is 5.69 Å². The van der Waals surface area contributed by atoms with Crippen molar-refractivity contribution in [2.24, 2.45) is 5.73 Å². The minimum absolute atomic E-state index is 0.230. The van der Waals surface area contributed by atoms with E-state index < -0.39 is 0 Å². The van der Waals surface area contributed by atoms with Gasteiger partial charge in [0.2, 0.25) is 5.91 Å². The first kappa shape index (κ1) is 10.2. The van der Waals surface area contributed by atoms with Gasteiger partial charge in [-0.1, -0.05) is 12.2 Å². The summed E-state index contributed by atoms with van der Waals surface area (Å²) in [5.41, 5.74) is 13.0. The van der Waals surface area contributed by atoms with Crippen LogP contribution in [0.25, 0.3) is 6.08 Å². The molecule has 0 aromatic carbocycles. The Balaban J connectivity index is 2.80. The summed E-state index contributed by atoms with van der Waals surface area (Å²) >= 11 is 0. The number of amides is 1. The maximum absolute atomic E-state index is 10.5. The second kappa shape index (κ2) is 4.41. The van der Waals surface area contributed by atoms with Gasteiger partial charge in [0.25, 0.3) is 0 Å². The van der Waals surface area contributed by atoms with E-state index in [1.54, 1.807) is 24.4 Å². The van der Waals surface area contributed by atoms with Crippen molar-refractivity contribution in [2.45, 2.75) is 13.3 Å². The van der Waals surface area contributed by atoms with E-state index in [-0.39, 0.29) is 12.3 Å². The lowest BCUT2D eigenvalue weighted by Crippen LogP contribution is -2.07. The molecule has 1 rings (SSSR count). The number of anilines is 1. The zero-order valence-corrected chi connectivity index (χ0v) is 8.03. The smallest absolute Gasteiger partial charge is 0.221 e. The standard InChI is InChI=1S/C10H13N3O/c1-7-8(3-2-4-10(12)14)5-9(11)6-13-7/h2-3,5-6H,4,11H2,1H3,(H2,12,14). The Hall–Kier alpha value is -1.84. The van der Waals surface area contributed by atoms with Gasteiger partial charge in [-0.05, 0) is 18.6 Å². The van der Waals surface area contributed by atoms with Crippen molar-refractivity contribution in [1.82, 2.24) is 4.98 Å². The van der Waals surface area contributed by atoms with E-state index in [4.69, 9.17) is 11.5 Å². The summed E-state index contributed by atoms with van der Waals surface area (Å²) in [6.45, 7) is 1.88. The second-order valence-corrected chi connectivity index (χ2v) is 3.02. The number of aryl methyl sites for hydroxylation is 1. The van der Waals surface area contributed by atoms with Crippen LogP contribution >= 0.6 is 0 Å². The Morgan fingerprint density at radius 3 is 3.00 bits per heavy atom. The Morgan fingerprint density at radius 1 is 1.64 bits per heavy atom. The van der Waals surface area contributed by atoms with Crippen LogP contribution in [-0.2, 0) is 4.79 Å². The van der Waals surface area contributed by atoms with Crippen molar-refractivity contribution in [3.8, 4) is 0 Å². The molecule has 0 aliphatic heterocycles. The summed E-state index contributed by atoms with van der Waals surface area (Å²) < 4.78 is 0. The molecular formula is C10H13N3O. The highest BCUT2D eigenvalue weighted by Crippen LogP contribution is 2.11. The molecule has 0 fully saturated rings. The zero-order valence-electron chi connectivity index (χ0n) is 8.03. The van der Waals surface area contributed by atoms with Crippen LogP contribution in [0.15, 0.2) is 18.3 Å². The van der Waals surface area contributed by atoms with Gasteiger partial charge in [0, 0.05) is 12.1 Å². The van der Waals surface area contributed by atoms with Crippen molar-refractivity contribution in [3.63, 3.8) is 0 Å². The highest BCUT2D eigenvalue weighted by molar-refractivity contribution is 5.76. The van der Waals surface area contributed by atoms with Crippen molar-refractivity contribution in [3.05, 3.63) is 29.6 Å². The van der Waals surface area contributed by atoms with E-state index in [0.717, 1.165) is 11.3 Å². The van der Waals surface area contributed by atoms with Crippen molar-refractivity contribution < 1.29 is 4.79 Å². The summed E-state index contributed by atoms with van der Waals surface area (Å²) in [7, 11) is 0. The molecule has 1 aromatic heterocycles. The number of carbonyl (C=O) groups is 1. The lowest BCUT2D eigenvalue weighted by Gasteiger charge is -1.99. The predicted molar refractivity (Wildman–Crippen MR) is 56.2 cm³/mol. The number of nitrogen functional groups attached to an aromatic ring is 1. The van der Waals surface area contributed by atoms with Gasteiger partial charge in [-0.3, -0.25) is 9.78 Å². The van der Waals surface area contributed by atoms with Crippen LogP contribution in [0, 0.1) is 6.92 Å². The Labute approximate surface area is 82.6 Å². The van der Waals surface area contributed by atoms with Gasteiger partial charge in [-0.15, -0.1) is 0 Å². The van der Waals surface area contributed by atoms with E-state index in [9.17, 15) is 4.79 Å². The fourth-order valence-corrected chi connectivity index (χ4v) is 1.04. The topological polar surface area (TPSA) is 82.0 Å². The number of pyridine rings is 1. The molecule has 4 heteroatoms. The number of primary amides is 1. The Morgan fingerprint density at radius 2 is 2.36 bits per heavy atom. The predicted octanol–water partition coefficient (Wildman–Crippen LogP) is 0.861. The number of carbonyl (C=O) groups excluding carboxylic acids is 1. The third-order valence-electron chi connectivity index (χ3n) is 1.76. The molecule has 4 nitrogen and oxygen atoms in total. The average molecular weight is 191 g/mol. The van der Waals surface area contributed by atoms with Gasteiger partial charge in [-0.2, -0.15) is 0 Å². The fourth-order valence-electron chi connectivity index (χ4n) is 1.04. The first-order valence-corrected chi connectivity index (χ1v) is 4.26. The molecule has 14 heavy (non-hydrogen) atoms. The highest BCUT2D eigenvalue weighted by atomic mass is 16.1. The van der Waals surface area contributed by atoms with Crippen molar-refractivity contribution >= 4 is 17.7 Å². The van der Waals surface area contributed by atoms with Gasteiger partial charge in [0.1, 0.15) is 0 Å². The van der Waals surface area contributed by atoms with Crippen LogP contribution in [-0.4, -0.2) is 10.9 Å². The van der Waals surface area contributed by atoms with Crippen LogP contribution in [0.3, 0.4) is 0 Å². The molecule has 0 atom stereocenters. The first-order chi connectivity index (χ1) is 6.59. The van der Waals surface area contributed by atoms with Crippen LogP contribution in [0.1, 0.15) is 17.7 Å². The van der Waals surface area contributed by atoms with E-state index in [1.807, 2.05) is 6.92 Å². The minimum atomic E-state index is -0.351. The maximum atomic E-state index is 10.5. The lowest BCUT2D eigenvalue weighted by atomic mass is 10.1. The largest absolute Gasteiger partial charge is 0.397 e. The highest BCUT2D eigenvalue weighted by Gasteiger charge is 1.96. The van der Waals surface area contributed by atoms with Gasteiger partial charge >= 0.3 is 0 Å². The fraction of sp³-hybridized carbons (Fsp3) is 0.200. The molecule has 74 valence electrons. The second-order valence-electron chi connectivity index (χ2n) is 3.02. The van der Waals surface area contributed by atoms with Gasteiger partial charge in [0.15, 0.2) is 0 Å². The molecule has 0 radical (unpaired) electrons. The molecule has 1 amide bonds. The summed E-state index contributed by atoms with van der Waals surface area (Å²) in [5, 5.41) is 0. The molecule has 0 saturated carbocycles. The lowest BCUT2D eigenvalue weighted by molar-refractivity contribution is -0.117. The summed E-state index contributed by atoms with van der Waals surface area (Å²) in [5.74, 6) is -0.351. The Kier molecular flexibility index (Phi) is 3.23. The quantitative estimate of drug-likeness (QED) is 0.743. The first-order valence-electron chi connectivity index (χ1n) is 4.26. The van der Waals surface area contributed by atoms with Gasteiger partial charge in [0.05, 0.1) is 11.9 Å². The van der Waals surface area contributed by atoms with E-state index in [1.165, 1.54) is 0 Å². The number of rotatable bonds is 3. The summed E-state index contributed by atoms with van der Waals surface area (Å²) in [6.07, 6.45) is 5.32. The Bertz CT molecular complexity index is 372. The van der Waals surface area contributed by atoms with Crippen molar-refractivity contribution in [1.29, 1.82) is 0 Å². The molecule has 1 aromatic rings. The van der Waals surface area contributed by atoms with Crippen LogP contribution in [0.5, 0.6) is 0 Å². The molecule has 0 saturated heterocycles. The molecule has 0 bridgehead atoms. The third-order valence-corrected chi connectivity index (χ3v) is 1.76. The average Bonchev–Trinajstić information content (AvgIpc) is 2.10. The maximum Gasteiger partial charge on any atom is 0.221 e. The van der Waals surface area contributed by atoms with E-state index >= 15 is 0 Å². The number of nitrogens with zero attached hydrogens (tertiary/aromatic N) is 1. The monoisotopic (exact) mass is 191 g/mol. The van der Waals surface area contributed by atoms with Crippen LogP contribution < -0.4 is 11.5 Å². The molecule has 0 spiro atoms. The molecule has 0 aliphatic carbocycles. The SMILES string of the molecule is Cc1ncc(N)cc1C=CCC(N)=O. The minimum Gasteiger partial charge on any atom is -0.397 e. The van der Waals surface area contributed by atoms with Crippen LogP contribution in [0.2, 0.25) is 0 Å². The number of hydrogen-bond acceptors (Lipinski definition) is 3. The number of aromatic nitrogens is 1.